The quantitative estimate of drug-likeness (QED) is 0.717. The van der Waals surface area contributed by atoms with Crippen molar-refractivity contribution in [3.05, 3.63) is 48.7 Å². The van der Waals surface area contributed by atoms with E-state index < -0.39 is 0 Å². The molecule has 0 atom stereocenters. The van der Waals surface area contributed by atoms with E-state index in [0.717, 1.165) is 5.56 Å². The van der Waals surface area contributed by atoms with Crippen LogP contribution in [0, 0.1) is 0 Å². The lowest BCUT2D eigenvalue weighted by Crippen LogP contribution is -1.86. The Morgan fingerprint density at radius 1 is 0.929 bits per heavy atom. The summed E-state index contributed by atoms with van der Waals surface area (Å²) in [5.41, 5.74) is 2.27. The molecule has 0 aliphatic carbocycles. The van der Waals surface area contributed by atoms with Crippen molar-refractivity contribution in [3.8, 4) is 17.0 Å². The van der Waals surface area contributed by atoms with Crippen LogP contribution in [0.5, 0.6) is 5.88 Å². The first kappa shape index (κ1) is 8.75. The van der Waals surface area contributed by atoms with Crippen LogP contribution < -0.4 is 4.74 Å². The van der Waals surface area contributed by atoms with Crippen LogP contribution in [0.2, 0.25) is 0 Å². The van der Waals surface area contributed by atoms with Crippen molar-refractivity contribution in [1.82, 2.24) is 4.98 Å². The lowest BCUT2D eigenvalue weighted by atomic mass is 10.1. The van der Waals surface area contributed by atoms with Crippen molar-refractivity contribution in [3.63, 3.8) is 0 Å². The molecule has 0 amide bonds. The average Bonchev–Trinajstić information content (AvgIpc) is 2.30. The monoisotopic (exact) mass is 185 g/mol. The van der Waals surface area contributed by atoms with E-state index in [-0.39, 0.29) is 0 Å². The molecule has 14 heavy (non-hydrogen) atoms. The Labute approximate surface area is 83.2 Å². The standard InChI is InChI=1S/C12H11NO/c1-14-12-8-7-11(9-13-12)10-5-3-2-4-6-10/h2-9H,1H3. The summed E-state index contributed by atoms with van der Waals surface area (Å²) < 4.78 is 4.99. The molecule has 0 saturated heterocycles. The summed E-state index contributed by atoms with van der Waals surface area (Å²) in [6.45, 7) is 0. The number of methoxy groups -OCH3 is 1. The Kier molecular flexibility index (Phi) is 2.45. The predicted molar refractivity (Wildman–Crippen MR) is 56.2 cm³/mol. The molecule has 0 unspecified atom stereocenters. The van der Waals surface area contributed by atoms with Crippen LogP contribution in [0.4, 0.5) is 0 Å². The lowest BCUT2D eigenvalue weighted by molar-refractivity contribution is 0.398. The van der Waals surface area contributed by atoms with Crippen molar-refractivity contribution in [2.75, 3.05) is 7.11 Å². The van der Waals surface area contributed by atoms with Gasteiger partial charge in [-0.2, -0.15) is 0 Å². The van der Waals surface area contributed by atoms with Gasteiger partial charge in [0.15, 0.2) is 0 Å². The van der Waals surface area contributed by atoms with Gasteiger partial charge in [-0.3, -0.25) is 0 Å². The van der Waals surface area contributed by atoms with E-state index in [4.69, 9.17) is 4.74 Å². The molecule has 2 rings (SSSR count). The molecule has 0 aliphatic rings. The number of hydrogen-bond donors (Lipinski definition) is 0. The topological polar surface area (TPSA) is 22.1 Å². The van der Waals surface area contributed by atoms with Gasteiger partial charge in [-0.25, -0.2) is 4.98 Å². The normalized spacial score (nSPS) is 9.79. The number of nitrogens with zero attached hydrogens (tertiary/aromatic N) is 1. The van der Waals surface area contributed by atoms with Gasteiger partial charge < -0.3 is 4.74 Å². The molecule has 0 bridgehead atoms. The average molecular weight is 185 g/mol. The summed E-state index contributed by atoms with van der Waals surface area (Å²) in [4.78, 5) is 4.15. The van der Waals surface area contributed by atoms with Gasteiger partial charge in [0.1, 0.15) is 0 Å². The minimum absolute atomic E-state index is 0.643. The van der Waals surface area contributed by atoms with E-state index in [1.54, 1.807) is 7.11 Å². The Hall–Kier alpha value is -1.83. The van der Waals surface area contributed by atoms with Crippen molar-refractivity contribution >= 4 is 0 Å². The van der Waals surface area contributed by atoms with Gasteiger partial charge in [0.2, 0.25) is 5.88 Å². The summed E-state index contributed by atoms with van der Waals surface area (Å²) in [5, 5.41) is 0. The van der Waals surface area contributed by atoms with E-state index in [1.165, 1.54) is 5.56 Å². The van der Waals surface area contributed by atoms with E-state index in [9.17, 15) is 0 Å². The molecule has 0 N–H and O–H groups in total. The number of pyridine rings is 1. The van der Waals surface area contributed by atoms with Crippen LogP contribution in [0.1, 0.15) is 0 Å². The highest BCUT2D eigenvalue weighted by atomic mass is 16.5. The smallest absolute Gasteiger partial charge is 0.212 e. The number of ether oxygens (including phenoxy) is 1. The Bertz CT molecular complexity index is 394. The van der Waals surface area contributed by atoms with Gasteiger partial charge in [0.05, 0.1) is 7.11 Å². The maximum absolute atomic E-state index is 4.99. The number of benzene rings is 1. The molecule has 70 valence electrons. The maximum Gasteiger partial charge on any atom is 0.212 e. The molecule has 1 heterocycles. The highest BCUT2D eigenvalue weighted by molar-refractivity contribution is 5.62. The third-order valence-corrected chi connectivity index (χ3v) is 2.05. The van der Waals surface area contributed by atoms with Crippen molar-refractivity contribution in [1.29, 1.82) is 0 Å². The first-order chi connectivity index (χ1) is 6.90. The lowest BCUT2D eigenvalue weighted by Gasteiger charge is -2.01. The van der Waals surface area contributed by atoms with Crippen molar-refractivity contribution in [2.24, 2.45) is 0 Å². The van der Waals surface area contributed by atoms with Gasteiger partial charge in [0.25, 0.3) is 0 Å². The molecule has 1 aromatic carbocycles. The number of hydrogen-bond acceptors (Lipinski definition) is 2. The molecule has 0 fully saturated rings. The minimum Gasteiger partial charge on any atom is -0.481 e. The van der Waals surface area contributed by atoms with E-state index in [1.807, 2.05) is 36.5 Å². The van der Waals surface area contributed by atoms with Crippen LogP contribution in [0.15, 0.2) is 48.7 Å². The fraction of sp³-hybridized carbons (Fsp3) is 0.0833. The van der Waals surface area contributed by atoms with Crippen molar-refractivity contribution in [2.45, 2.75) is 0 Å². The molecule has 0 radical (unpaired) electrons. The van der Waals surface area contributed by atoms with Gasteiger partial charge in [-0.1, -0.05) is 30.3 Å². The second-order valence-corrected chi connectivity index (χ2v) is 2.96. The Balaban J connectivity index is 2.34. The summed E-state index contributed by atoms with van der Waals surface area (Å²) >= 11 is 0. The Morgan fingerprint density at radius 2 is 1.71 bits per heavy atom. The fourth-order valence-corrected chi connectivity index (χ4v) is 1.30. The highest BCUT2D eigenvalue weighted by Gasteiger charge is 1.97. The van der Waals surface area contributed by atoms with Crippen LogP contribution in [-0.2, 0) is 0 Å². The van der Waals surface area contributed by atoms with E-state index in [2.05, 4.69) is 17.1 Å². The van der Waals surface area contributed by atoms with E-state index >= 15 is 0 Å². The molecule has 2 heteroatoms. The summed E-state index contributed by atoms with van der Waals surface area (Å²) in [6, 6.07) is 14.0. The zero-order valence-corrected chi connectivity index (χ0v) is 7.97. The van der Waals surface area contributed by atoms with Crippen LogP contribution in [0.25, 0.3) is 11.1 Å². The van der Waals surface area contributed by atoms with Gasteiger partial charge in [-0.05, 0) is 11.6 Å². The van der Waals surface area contributed by atoms with E-state index in [0.29, 0.717) is 5.88 Å². The zero-order chi connectivity index (χ0) is 9.80. The molecule has 0 spiro atoms. The molecule has 2 aromatic rings. The molecule has 2 nitrogen and oxygen atoms in total. The number of rotatable bonds is 2. The maximum atomic E-state index is 4.99. The van der Waals surface area contributed by atoms with Crippen LogP contribution in [0.3, 0.4) is 0 Å². The highest BCUT2D eigenvalue weighted by Crippen LogP contribution is 2.19. The fourth-order valence-electron chi connectivity index (χ4n) is 1.30. The summed E-state index contributed by atoms with van der Waals surface area (Å²) in [5.74, 6) is 0.643. The third kappa shape index (κ3) is 1.74. The number of aromatic nitrogens is 1. The third-order valence-electron chi connectivity index (χ3n) is 2.05. The van der Waals surface area contributed by atoms with Crippen LogP contribution in [-0.4, -0.2) is 12.1 Å². The molecule has 0 aliphatic heterocycles. The zero-order valence-electron chi connectivity index (χ0n) is 7.97. The van der Waals surface area contributed by atoms with Crippen molar-refractivity contribution < 1.29 is 4.74 Å². The van der Waals surface area contributed by atoms with Crippen LogP contribution >= 0.6 is 0 Å². The molecular weight excluding hydrogens is 174 g/mol. The minimum atomic E-state index is 0.643. The van der Waals surface area contributed by atoms with Gasteiger partial charge in [0, 0.05) is 17.8 Å². The summed E-state index contributed by atoms with van der Waals surface area (Å²) in [6.07, 6.45) is 1.81. The molecule has 0 saturated carbocycles. The predicted octanol–water partition coefficient (Wildman–Crippen LogP) is 2.76. The second kappa shape index (κ2) is 3.92. The van der Waals surface area contributed by atoms with Gasteiger partial charge >= 0.3 is 0 Å². The second-order valence-electron chi connectivity index (χ2n) is 2.96. The summed E-state index contributed by atoms with van der Waals surface area (Å²) in [7, 11) is 1.62. The largest absolute Gasteiger partial charge is 0.481 e. The first-order valence-corrected chi connectivity index (χ1v) is 4.45. The Morgan fingerprint density at radius 3 is 2.29 bits per heavy atom. The molecular formula is C12H11NO. The SMILES string of the molecule is COc1ccc(-c2ccccc2)cn1. The van der Waals surface area contributed by atoms with Gasteiger partial charge in [-0.15, -0.1) is 0 Å². The molecule has 1 aromatic heterocycles. The first-order valence-electron chi connectivity index (χ1n) is 4.45.